The normalized spacial score (nSPS) is 11.3. The molecule has 29 heavy (non-hydrogen) atoms. The van der Waals surface area contributed by atoms with E-state index in [-0.39, 0.29) is 5.56 Å². The maximum Gasteiger partial charge on any atom is 0.258 e. The second-order valence-electron chi connectivity index (χ2n) is 7.28. The van der Waals surface area contributed by atoms with E-state index in [0.29, 0.717) is 17.2 Å². The van der Waals surface area contributed by atoms with E-state index in [2.05, 4.69) is 53.2 Å². The van der Waals surface area contributed by atoms with Crippen LogP contribution in [-0.2, 0) is 19.6 Å². The van der Waals surface area contributed by atoms with Gasteiger partial charge in [-0.05, 0) is 30.2 Å². The standard InChI is InChI=1S/C24H22ClN3O/c1-18-7-9-20(10-8-18)15-27(14-19-5-3-2-4-6-19)17-22-13-24(29)28-16-21(25)11-12-23(28)26-22/h2-13,16H,14-15,17H2,1H3. The molecule has 5 heteroatoms. The average molecular weight is 404 g/mol. The number of hydrogen-bond acceptors (Lipinski definition) is 3. The molecular formula is C24H22ClN3O. The van der Waals surface area contributed by atoms with Crippen molar-refractivity contribution in [3.05, 3.63) is 117 Å². The molecule has 0 saturated carbocycles. The van der Waals surface area contributed by atoms with Crippen molar-refractivity contribution in [2.24, 2.45) is 0 Å². The fourth-order valence-corrected chi connectivity index (χ4v) is 3.56. The van der Waals surface area contributed by atoms with Gasteiger partial charge in [0.25, 0.3) is 5.56 Å². The summed E-state index contributed by atoms with van der Waals surface area (Å²) < 4.78 is 1.48. The highest BCUT2D eigenvalue weighted by Crippen LogP contribution is 2.15. The molecule has 0 amide bonds. The third-order valence-corrected chi connectivity index (χ3v) is 5.06. The largest absolute Gasteiger partial charge is 0.289 e. The fourth-order valence-electron chi connectivity index (χ4n) is 3.40. The van der Waals surface area contributed by atoms with Crippen LogP contribution in [0.3, 0.4) is 0 Å². The average Bonchev–Trinajstić information content (AvgIpc) is 2.71. The molecular weight excluding hydrogens is 382 g/mol. The van der Waals surface area contributed by atoms with Gasteiger partial charge in [-0.1, -0.05) is 71.8 Å². The summed E-state index contributed by atoms with van der Waals surface area (Å²) in [5, 5.41) is 0.513. The van der Waals surface area contributed by atoms with Crippen molar-refractivity contribution in [1.29, 1.82) is 0 Å². The smallest absolute Gasteiger partial charge is 0.258 e. The van der Waals surface area contributed by atoms with Crippen LogP contribution < -0.4 is 5.56 Å². The molecule has 0 unspecified atom stereocenters. The highest BCUT2D eigenvalue weighted by Gasteiger charge is 2.11. The second-order valence-corrected chi connectivity index (χ2v) is 7.71. The van der Waals surface area contributed by atoms with Crippen LogP contribution in [0.5, 0.6) is 0 Å². The Balaban J connectivity index is 1.63. The minimum Gasteiger partial charge on any atom is -0.289 e. The molecule has 2 aromatic carbocycles. The molecule has 0 spiro atoms. The van der Waals surface area contributed by atoms with Crippen LogP contribution in [0.2, 0.25) is 5.02 Å². The molecule has 146 valence electrons. The lowest BCUT2D eigenvalue weighted by Gasteiger charge is -2.22. The summed E-state index contributed by atoms with van der Waals surface area (Å²) in [6.07, 6.45) is 1.60. The molecule has 0 radical (unpaired) electrons. The van der Waals surface area contributed by atoms with E-state index in [1.54, 1.807) is 24.4 Å². The van der Waals surface area contributed by atoms with E-state index in [1.165, 1.54) is 21.1 Å². The predicted octanol–water partition coefficient (Wildman–Crippen LogP) is 4.86. The fraction of sp³-hybridized carbons (Fsp3) is 0.167. The summed E-state index contributed by atoms with van der Waals surface area (Å²) in [5.74, 6) is 0. The predicted molar refractivity (Wildman–Crippen MR) is 117 cm³/mol. The Morgan fingerprint density at radius 1 is 0.897 bits per heavy atom. The van der Waals surface area contributed by atoms with Gasteiger partial charge >= 0.3 is 0 Å². The summed E-state index contributed by atoms with van der Waals surface area (Å²) in [7, 11) is 0. The first-order chi connectivity index (χ1) is 14.1. The third kappa shape index (κ3) is 4.91. The van der Waals surface area contributed by atoms with E-state index in [1.807, 2.05) is 18.2 Å². The number of halogens is 1. The molecule has 4 rings (SSSR count). The number of pyridine rings is 1. The first kappa shape index (κ1) is 19.4. The van der Waals surface area contributed by atoms with Crippen molar-refractivity contribution in [3.8, 4) is 0 Å². The van der Waals surface area contributed by atoms with Crippen LogP contribution in [0.15, 0.2) is 83.8 Å². The van der Waals surface area contributed by atoms with E-state index >= 15 is 0 Å². The van der Waals surface area contributed by atoms with Gasteiger partial charge in [-0.3, -0.25) is 14.1 Å². The topological polar surface area (TPSA) is 37.6 Å². The lowest BCUT2D eigenvalue weighted by atomic mass is 10.1. The van der Waals surface area contributed by atoms with Gasteiger partial charge in [0.05, 0.1) is 10.7 Å². The Morgan fingerprint density at radius 2 is 1.59 bits per heavy atom. The lowest BCUT2D eigenvalue weighted by molar-refractivity contribution is 0.244. The van der Waals surface area contributed by atoms with Crippen LogP contribution in [0.1, 0.15) is 22.4 Å². The number of rotatable bonds is 6. The van der Waals surface area contributed by atoms with Crippen molar-refractivity contribution in [2.75, 3.05) is 0 Å². The molecule has 0 saturated heterocycles. The van der Waals surface area contributed by atoms with Crippen molar-refractivity contribution >= 4 is 17.2 Å². The first-order valence-corrected chi connectivity index (χ1v) is 9.94. The number of benzene rings is 2. The van der Waals surface area contributed by atoms with Gasteiger partial charge in [-0.15, -0.1) is 0 Å². The van der Waals surface area contributed by atoms with Crippen molar-refractivity contribution in [1.82, 2.24) is 14.3 Å². The lowest BCUT2D eigenvalue weighted by Crippen LogP contribution is -2.25. The maximum absolute atomic E-state index is 12.5. The number of aryl methyl sites for hydroxylation is 1. The minimum absolute atomic E-state index is 0.123. The van der Waals surface area contributed by atoms with Crippen molar-refractivity contribution in [2.45, 2.75) is 26.6 Å². The summed E-state index contributed by atoms with van der Waals surface area (Å²) in [6.45, 7) is 4.22. The Morgan fingerprint density at radius 3 is 2.31 bits per heavy atom. The van der Waals surface area contributed by atoms with Gasteiger partial charge in [-0.25, -0.2) is 4.98 Å². The van der Waals surface area contributed by atoms with E-state index < -0.39 is 0 Å². The molecule has 0 aliphatic heterocycles. The van der Waals surface area contributed by atoms with Gasteiger partial charge in [-0.2, -0.15) is 0 Å². The Labute approximate surface area is 175 Å². The summed E-state index contributed by atoms with van der Waals surface area (Å²) >= 11 is 6.01. The van der Waals surface area contributed by atoms with Crippen LogP contribution in [0.4, 0.5) is 0 Å². The van der Waals surface area contributed by atoms with E-state index in [4.69, 9.17) is 11.6 Å². The van der Waals surface area contributed by atoms with Crippen molar-refractivity contribution < 1.29 is 0 Å². The monoisotopic (exact) mass is 403 g/mol. The number of fused-ring (bicyclic) bond motifs is 1. The van der Waals surface area contributed by atoms with Crippen molar-refractivity contribution in [3.63, 3.8) is 0 Å². The molecule has 0 fully saturated rings. The molecule has 0 aliphatic carbocycles. The molecule has 2 heterocycles. The van der Waals surface area contributed by atoms with Gasteiger partial charge < -0.3 is 0 Å². The summed E-state index contributed by atoms with van der Waals surface area (Å²) in [5.41, 5.74) is 4.93. The van der Waals surface area contributed by atoms with E-state index in [0.717, 1.165) is 18.8 Å². The molecule has 0 bridgehead atoms. The SMILES string of the molecule is Cc1ccc(CN(Cc2ccccc2)Cc2cc(=O)n3cc(Cl)ccc3n2)cc1. The van der Waals surface area contributed by atoms with Crippen LogP contribution in [0, 0.1) is 6.92 Å². The molecule has 4 nitrogen and oxygen atoms in total. The van der Waals surface area contributed by atoms with Crippen LogP contribution in [-0.4, -0.2) is 14.3 Å². The third-order valence-electron chi connectivity index (χ3n) is 4.84. The Kier molecular flexibility index (Phi) is 5.74. The van der Waals surface area contributed by atoms with Crippen LogP contribution >= 0.6 is 11.6 Å². The highest BCUT2D eigenvalue weighted by atomic mass is 35.5. The van der Waals surface area contributed by atoms with Gasteiger partial charge in [0.15, 0.2) is 0 Å². The summed E-state index contributed by atoms with van der Waals surface area (Å²) in [4.78, 5) is 19.5. The Bertz CT molecular complexity index is 1170. The Hall–Kier alpha value is -2.95. The number of aromatic nitrogens is 2. The number of hydrogen-bond donors (Lipinski definition) is 0. The molecule has 0 aliphatic rings. The minimum atomic E-state index is -0.123. The van der Waals surface area contributed by atoms with Gasteiger partial charge in [0, 0.05) is 31.9 Å². The quantitative estimate of drug-likeness (QED) is 0.461. The molecule has 0 N–H and O–H groups in total. The first-order valence-electron chi connectivity index (χ1n) is 9.56. The zero-order chi connectivity index (χ0) is 20.2. The van der Waals surface area contributed by atoms with Crippen LogP contribution in [0.25, 0.3) is 5.65 Å². The van der Waals surface area contributed by atoms with Gasteiger partial charge in [0.1, 0.15) is 5.65 Å². The number of nitrogens with zero attached hydrogens (tertiary/aromatic N) is 3. The molecule has 0 atom stereocenters. The second kappa shape index (κ2) is 8.60. The zero-order valence-corrected chi connectivity index (χ0v) is 17.0. The summed E-state index contributed by atoms with van der Waals surface area (Å²) in [6, 6.07) is 24.0. The van der Waals surface area contributed by atoms with Gasteiger partial charge in [0.2, 0.25) is 0 Å². The highest BCUT2D eigenvalue weighted by molar-refractivity contribution is 6.30. The maximum atomic E-state index is 12.5. The molecule has 4 aromatic rings. The van der Waals surface area contributed by atoms with E-state index in [9.17, 15) is 4.79 Å². The molecule has 2 aromatic heterocycles. The zero-order valence-electron chi connectivity index (χ0n) is 16.3.